The molecular formula is C16H16N4O. The Labute approximate surface area is 123 Å². The summed E-state index contributed by atoms with van der Waals surface area (Å²) in [5, 5.41) is 11.9. The van der Waals surface area contributed by atoms with Gasteiger partial charge in [0.2, 0.25) is 5.91 Å². The number of aromatic nitrogens is 1. The topological polar surface area (TPSA) is 69.0 Å². The number of carbonyl (C=O) groups excluding carboxylic acids is 1. The van der Waals surface area contributed by atoms with E-state index in [1.165, 1.54) is 11.1 Å². The van der Waals surface area contributed by atoms with Crippen molar-refractivity contribution in [2.45, 2.75) is 6.04 Å². The van der Waals surface area contributed by atoms with Crippen LogP contribution in [0, 0.1) is 11.3 Å². The van der Waals surface area contributed by atoms with Gasteiger partial charge in [0, 0.05) is 20.3 Å². The molecule has 1 heterocycles. The lowest BCUT2D eigenvalue weighted by atomic mass is 10.1. The summed E-state index contributed by atoms with van der Waals surface area (Å²) in [5.41, 5.74) is 1.35. The molecule has 106 valence electrons. The quantitative estimate of drug-likeness (QED) is 0.932. The van der Waals surface area contributed by atoms with Crippen LogP contribution in [0.3, 0.4) is 0 Å². The first kappa shape index (κ1) is 14.5. The Morgan fingerprint density at radius 3 is 2.48 bits per heavy atom. The number of benzene rings is 1. The largest absolute Gasteiger partial charge is 0.355 e. The van der Waals surface area contributed by atoms with Gasteiger partial charge in [-0.05, 0) is 17.7 Å². The molecule has 0 fully saturated rings. The van der Waals surface area contributed by atoms with Crippen LogP contribution >= 0.6 is 0 Å². The van der Waals surface area contributed by atoms with E-state index in [4.69, 9.17) is 5.26 Å². The molecule has 0 aliphatic rings. The van der Waals surface area contributed by atoms with Gasteiger partial charge in [-0.15, -0.1) is 0 Å². The van der Waals surface area contributed by atoms with E-state index in [9.17, 15) is 4.79 Å². The van der Waals surface area contributed by atoms with Gasteiger partial charge in [-0.2, -0.15) is 5.26 Å². The predicted molar refractivity (Wildman–Crippen MR) is 80.5 cm³/mol. The number of carbonyl (C=O) groups is 1. The third kappa shape index (κ3) is 3.57. The van der Waals surface area contributed by atoms with Gasteiger partial charge in [0.15, 0.2) is 0 Å². The molecule has 1 unspecified atom stereocenters. The standard InChI is InChI=1S/C16H16N4O/c1-20(2)16(21)15(13-6-4-3-5-7-13)19-14-9-8-12(10-17)11-18-14/h3-9,11,15H,1-2H3,(H,18,19). The molecule has 2 aromatic rings. The van der Waals surface area contributed by atoms with Crippen LogP contribution in [-0.2, 0) is 4.79 Å². The first-order valence-electron chi connectivity index (χ1n) is 6.50. The second-order valence-corrected chi connectivity index (χ2v) is 4.76. The van der Waals surface area contributed by atoms with Crippen LogP contribution in [0.25, 0.3) is 0 Å². The molecule has 2 rings (SSSR count). The van der Waals surface area contributed by atoms with Gasteiger partial charge >= 0.3 is 0 Å². The minimum absolute atomic E-state index is 0.0626. The van der Waals surface area contributed by atoms with Crippen LogP contribution < -0.4 is 5.32 Å². The number of nitrogens with one attached hydrogen (secondary N) is 1. The number of anilines is 1. The molecule has 1 amide bonds. The molecule has 0 saturated carbocycles. The highest BCUT2D eigenvalue weighted by Crippen LogP contribution is 2.20. The van der Waals surface area contributed by atoms with E-state index in [-0.39, 0.29) is 5.91 Å². The van der Waals surface area contributed by atoms with Gasteiger partial charge in [0.25, 0.3) is 0 Å². The lowest BCUT2D eigenvalue weighted by molar-refractivity contribution is -0.129. The van der Waals surface area contributed by atoms with Crippen molar-refractivity contribution in [1.82, 2.24) is 9.88 Å². The Hall–Kier alpha value is -2.87. The van der Waals surface area contributed by atoms with Crippen molar-refractivity contribution < 1.29 is 4.79 Å². The van der Waals surface area contributed by atoms with Crippen LogP contribution in [0.1, 0.15) is 17.2 Å². The molecule has 0 saturated heterocycles. The van der Waals surface area contributed by atoms with Crippen molar-refractivity contribution >= 4 is 11.7 Å². The van der Waals surface area contributed by atoms with Gasteiger partial charge < -0.3 is 10.2 Å². The van der Waals surface area contributed by atoms with E-state index in [1.807, 2.05) is 36.4 Å². The Bertz CT molecular complexity index is 644. The molecule has 0 aliphatic heterocycles. The van der Waals surface area contributed by atoms with Crippen LogP contribution in [0.4, 0.5) is 5.82 Å². The maximum atomic E-state index is 12.4. The van der Waals surface area contributed by atoms with Gasteiger partial charge in [0.1, 0.15) is 17.9 Å². The second-order valence-electron chi connectivity index (χ2n) is 4.76. The Kier molecular flexibility index (Phi) is 4.52. The summed E-state index contributed by atoms with van der Waals surface area (Å²) >= 11 is 0. The number of rotatable bonds is 4. The zero-order valence-electron chi connectivity index (χ0n) is 11.9. The fourth-order valence-corrected chi connectivity index (χ4v) is 1.88. The first-order valence-corrected chi connectivity index (χ1v) is 6.50. The van der Waals surface area contributed by atoms with E-state index in [2.05, 4.69) is 10.3 Å². The number of nitriles is 1. The predicted octanol–water partition coefficient (Wildman–Crippen LogP) is 2.19. The molecule has 1 aromatic heterocycles. The van der Waals surface area contributed by atoms with Gasteiger partial charge in [0.05, 0.1) is 5.56 Å². The third-order valence-electron chi connectivity index (χ3n) is 3.01. The number of amides is 1. The summed E-state index contributed by atoms with van der Waals surface area (Å²) in [7, 11) is 3.43. The summed E-state index contributed by atoms with van der Waals surface area (Å²) in [4.78, 5) is 18.0. The number of hydrogen-bond acceptors (Lipinski definition) is 4. The lowest BCUT2D eigenvalue weighted by Gasteiger charge is -2.22. The molecule has 5 nitrogen and oxygen atoms in total. The van der Waals surface area contributed by atoms with E-state index >= 15 is 0 Å². The molecule has 0 radical (unpaired) electrons. The molecule has 5 heteroatoms. The molecule has 1 aromatic carbocycles. The molecule has 0 spiro atoms. The van der Waals surface area contributed by atoms with E-state index in [1.54, 1.807) is 26.2 Å². The summed E-state index contributed by atoms with van der Waals surface area (Å²) in [6, 6.07) is 14.3. The highest BCUT2D eigenvalue weighted by atomic mass is 16.2. The Balaban J connectivity index is 2.28. The molecule has 21 heavy (non-hydrogen) atoms. The number of likely N-dealkylation sites (N-methyl/N-ethyl adjacent to an activating group) is 1. The van der Waals surface area contributed by atoms with Crippen LogP contribution in [0.15, 0.2) is 48.7 Å². The average molecular weight is 280 g/mol. The smallest absolute Gasteiger partial charge is 0.249 e. The second kappa shape index (κ2) is 6.53. The minimum atomic E-state index is -0.512. The highest BCUT2D eigenvalue weighted by Gasteiger charge is 2.22. The maximum Gasteiger partial charge on any atom is 0.249 e. The summed E-state index contributed by atoms with van der Waals surface area (Å²) in [6.07, 6.45) is 1.48. The summed E-state index contributed by atoms with van der Waals surface area (Å²) < 4.78 is 0. The van der Waals surface area contributed by atoms with Gasteiger partial charge in [-0.1, -0.05) is 30.3 Å². The van der Waals surface area contributed by atoms with E-state index in [0.717, 1.165) is 5.56 Å². The molecule has 1 N–H and O–H groups in total. The number of hydrogen-bond donors (Lipinski definition) is 1. The van der Waals surface area contributed by atoms with Gasteiger partial charge in [-0.3, -0.25) is 4.79 Å². The van der Waals surface area contributed by atoms with Crippen molar-refractivity contribution in [2.24, 2.45) is 0 Å². The van der Waals surface area contributed by atoms with Crippen molar-refractivity contribution in [3.05, 3.63) is 59.8 Å². The van der Waals surface area contributed by atoms with Crippen molar-refractivity contribution in [1.29, 1.82) is 5.26 Å². The van der Waals surface area contributed by atoms with Crippen LogP contribution in [-0.4, -0.2) is 29.9 Å². The zero-order chi connectivity index (χ0) is 15.2. The van der Waals surface area contributed by atoms with E-state index < -0.39 is 6.04 Å². The monoisotopic (exact) mass is 280 g/mol. The fourth-order valence-electron chi connectivity index (χ4n) is 1.88. The van der Waals surface area contributed by atoms with Crippen molar-refractivity contribution in [3.63, 3.8) is 0 Å². The summed E-state index contributed by atoms with van der Waals surface area (Å²) in [6.45, 7) is 0. The van der Waals surface area contributed by atoms with Crippen LogP contribution in [0.2, 0.25) is 0 Å². The van der Waals surface area contributed by atoms with E-state index in [0.29, 0.717) is 11.4 Å². The SMILES string of the molecule is CN(C)C(=O)C(Nc1ccc(C#N)cn1)c1ccccc1. The molecule has 0 bridgehead atoms. The van der Waals surface area contributed by atoms with Gasteiger partial charge in [-0.25, -0.2) is 4.98 Å². The normalized spacial score (nSPS) is 11.3. The highest BCUT2D eigenvalue weighted by molar-refractivity contribution is 5.85. The molecule has 0 aliphatic carbocycles. The molecule has 1 atom stereocenters. The third-order valence-corrected chi connectivity index (χ3v) is 3.01. The lowest BCUT2D eigenvalue weighted by Crippen LogP contribution is -2.32. The minimum Gasteiger partial charge on any atom is -0.355 e. The van der Waals surface area contributed by atoms with Crippen LogP contribution in [0.5, 0.6) is 0 Å². The van der Waals surface area contributed by atoms with Crippen molar-refractivity contribution in [3.8, 4) is 6.07 Å². The Morgan fingerprint density at radius 1 is 1.24 bits per heavy atom. The average Bonchev–Trinajstić information content (AvgIpc) is 2.53. The number of nitrogens with zero attached hydrogens (tertiary/aromatic N) is 3. The summed E-state index contributed by atoms with van der Waals surface area (Å²) in [5.74, 6) is 0.491. The molecular weight excluding hydrogens is 264 g/mol. The number of pyridine rings is 1. The zero-order valence-corrected chi connectivity index (χ0v) is 11.9. The Morgan fingerprint density at radius 2 is 1.95 bits per heavy atom. The first-order chi connectivity index (χ1) is 10.1. The maximum absolute atomic E-state index is 12.4. The van der Waals surface area contributed by atoms with Crippen molar-refractivity contribution in [2.75, 3.05) is 19.4 Å². The fraction of sp³-hybridized carbons (Fsp3) is 0.188.